The Morgan fingerprint density at radius 3 is 1.74 bits per heavy atom. The second-order valence-electron chi connectivity index (χ2n) is 6.50. The molecule has 19 heavy (non-hydrogen) atoms. The lowest BCUT2D eigenvalue weighted by atomic mass is 10.7. The Kier molecular flexibility index (Phi) is 6.90. The molecule has 7 heteroatoms. The highest BCUT2D eigenvalue weighted by Gasteiger charge is 2.44. The van der Waals surface area contributed by atoms with Crippen LogP contribution in [0.25, 0.3) is 0 Å². The SMILES string of the molecule is C=CC(=O)OC[Si](CC)(O[Si](C)(C)C)O[Si](C)(C)C. The number of hydrogen-bond acceptors (Lipinski definition) is 4. The highest BCUT2D eigenvalue weighted by atomic mass is 28.5. The van der Waals surface area contributed by atoms with Gasteiger partial charge in [-0.15, -0.1) is 0 Å². The molecule has 0 aromatic carbocycles. The van der Waals surface area contributed by atoms with Crippen LogP contribution in [-0.2, 0) is 17.8 Å². The van der Waals surface area contributed by atoms with E-state index in [-0.39, 0.29) is 6.23 Å². The maximum absolute atomic E-state index is 11.3. The Hall–Kier alpha value is -0.219. The van der Waals surface area contributed by atoms with Crippen molar-refractivity contribution in [2.45, 2.75) is 52.2 Å². The van der Waals surface area contributed by atoms with Crippen molar-refractivity contribution in [3.8, 4) is 0 Å². The molecule has 0 aromatic rings. The van der Waals surface area contributed by atoms with E-state index >= 15 is 0 Å². The van der Waals surface area contributed by atoms with Crippen LogP contribution in [0.1, 0.15) is 6.92 Å². The van der Waals surface area contributed by atoms with Crippen molar-refractivity contribution >= 4 is 31.2 Å². The van der Waals surface area contributed by atoms with Gasteiger partial charge < -0.3 is 13.0 Å². The number of hydrogen-bond donors (Lipinski definition) is 0. The van der Waals surface area contributed by atoms with E-state index in [1.807, 2.05) is 6.92 Å². The van der Waals surface area contributed by atoms with Crippen LogP contribution in [-0.4, -0.2) is 37.4 Å². The first-order valence-electron chi connectivity index (χ1n) is 6.62. The second kappa shape index (κ2) is 6.98. The van der Waals surface area contributed by atoms with Crippen molar-refractivity contribution < 1.29 is 17.8 Å². The molecule has 0 aliphatic carbocycles. The summed E-state index contributed by atoms with van der Waals surface area (Å²) in [6.45, 7) is 18.3. The number of carbonyl (C=O) groups is 1. The highest BCUT2D eigenvalue weighted by molar-refractivity contribution is 6.88. The summed E-state index contributed by atoms with van der Waals surface area (Å²) in [5.41, 5.74) is 0. The van der Waals surface area contributed by atoms with E-state index in [0.29, 0.717) is 0 Å². The minimum absolute atomic E-state index is 0.253. The molecule has 0 atom stereocenters. The fraction of sp³-hybridized carbons (Fsp3) is 0.750. The first-order valence-corrected chi connectivity index (χ1v) is 15.7. The minimum atomic E-state index is -2.49. The van der Waals surface area contributed by atoms with Crippen molar-refractivity contribution in [3.63, 3.8) is 0 Å². The van der Waals surface area contributed by atoms with Crippen LogP contribution in [0.2, 0.25) is 45.3 Å². The zero-order valence-electron chi connectivity index (χ0n) is 13.3. The van der Waals surface area contributed by atoms with Gasteiger partial charge in [0.15, 0.2) is 16.6 Å². The van der Waals surface area contributed by atoms with Crippen molar-refractivity contribution in [1.29, 1.82) is 0 Å². The Morgan fingerprint density at radius 2 is 1.47 bits per heavy atom. The lowest BCUT2D eigenvalue weighted by Crippen LogP contribution is -2.57. The average molecular weight is 321 g/mol. The van der Waals surface area contributed by atoms with Crippen LogP contribution in [0.3, 0.4) is 0 Å². The van der Waals surface area contributed by atoms with Crippen molar-refractivity contribution in [2.24, 2.45) is 0 Å². The van der Waals surface area contributed by atoms with E-state index < -0.39 is 31.2 Å². The largest absolute Gasteiger partial charge is 0.461 e. The summed E-state index contributed by atoms with van der Waals surface area (Å²) in [6, 6.07) is 0.784. The molecule has 0 radical (unpaired) electrons. The molecule has 0 aromatic heterocycles. The summed E-state index contributed by atoms with van der Waals surface area (Å²) in [6.07, 6.45) is 1.43. The topological polar surface area (TPSA) is 44.8 Å². The van der Waals surface area contributed by atoms with E-state index in [1.54, 1.807) is 0 Å². The van der Waals surface area contributed by atoms with Gasteiger partial charge in [0.05, 0.1) is 0 Å². The molecule has 112 valence electrons. The van der Waals surface area contributed by atoms with Crippen LogP contribution >= 0.6 is 0 Å². The van der Waals surface area contributed by atoms with Gasteiger partial charge in [-0.2, -0.15) is 0 Å². The van der Waals surface area contributed by atoms with Gasteiger partial charge in [-0.05, 0) is 45.3 Å². The summed E-state index contributed by atoms with van der Waals surface area (Å²) in [5, 5.41) is 0. The Morgan fingerprint density at radius 1 is 1.05 bits per heavy atom. The third-order valence-corrected chi connectivity index (χ3v) is 11.7. The molecule has 0 fully saturated rings. The van der Waals surface area contributed by atoms with Gasteiger partial charge in [-0.1, -0.05) is 13.5 Å². The molecule has 0 aliphatic heterocycles. The van der Waals surface area contributed by atoms with E-state index in [9.17, 15) is 4.79 Å². The lowest BCUT2D eigenvalue weighted by Gasteiger charge is -2.39. The molecular formula is C12H28O4Si3. The Labute approximate surface area is 120 Å². The summed E-state index contributed by atoms with van der Waals surface area (Å²) < 4.78 is 17.9. The molecule has 0 unspecified atom stereocenters. The van der Waals surface area contributed by atoms with Gasteiger partial charge in [0.25, 0.3) is 0 Å². The molecule has 0 bridgehead atoms. The van der Waals surface area contributed by atoms with Crippen LogP contribution in [0, 0.1) is 0 Å². The maximum Gasteiger partial charge on any atom is 0.356 e. The van der Waals surface area contributed by atoms with Gasteiger partial charge in [0.1, 0.15) is 6.23 Å². The fourth-order valence-electron chi connectivity index (χ4n) is 1.68. The standard InChI is InChI=1S/C12H28O4Si3/c1-9-12(13)14-11-19(10-2,15-17(3,4)5)16-18(6,7)8/h9H,1,10-11H2,2-8H3. The van der Waals surface area contributed by atoms with Gasteiger partial charge in [-0.25, -0.2) is 4.79 Å². The van der Waals surface area contributed by atoms with Crippen molar-refractivity contribution in [2.75, 3.05) is 6.23 Å². The predicted molar refractivity (Wildman–Crippen MR) is 86.3 cm³/mol. The zero-order valence-corrected chi connectivity index (χ0v) is 16.3. The first-order chi connectivity index (χ1) is 8.43. The normalized spacial score (nSPS) is 13.2. The number of ether oxygens (including phenoxy) is 1. The number of rotatable bonds is 8. The second-order valence-corrected chi connectivity index (χ2v) is 19.4. The summed E-state index contributed by atoms with van der Waals surface area (Å²) in [5.74, 6) is -0.413. The fourth-order valence-corrected chi connectivity index (χ4v) is 13.3. The van der Waals surface area contributed by atoms with Gasteiger partial charge in [-0.3, -0.25) is 0 Å². The maximum atomic E-state index is 11.3. The van der Waals surface area contributed by atoms with Gasteiger partial charge in [0, 0.05) is 6.08 Å². The quantitative estimate of drug-likeness (QED) is 0.390. The smallest absolute Gasteiger partial charge is 0.356 e. The molecule has 0 spiro atoms. The molecule has 0 N–H and O–H groups in total. The molecule has 0 saturated heterocycles. The lowest BCUT2D eigenvalue weighted by molar-refractivity contribution is -0.136. The van der Waals surface area contributed by atoms with Crippen LogP contribution in [0.15, 0.2) is 12.7 Å². The third-order valence-electron chi connectivity index (χ3n) is 2.12. The van der Waals surface area contributed by atoms with Crippen molar-refractivity contribution in [1.82, 2.24) is 0 Å². The molecular weight excluding hydrogens is 292 g/mol. The Bertz CT molecular complexity index is 302. The first kappa shape index (κ1) is 18.8. The van der Waals surface area contributed by atoms with E-state index in [4.69, 9.17) is 13.0 Å². The van der Waals surface area contributed by atoms with Gasteiger partial charge in [0.2, 0.25) is 0 Å². The van der Waals surface area contributed by atoms with E-state index in [2.05, 4.69) is 45.9 Å². The van der Waals surface area contributed by atoms with E-state index in [1.165, 1.54) is 6.08 Å². The van der Waals surface area contributed by atoms with Crippen LogP contribution < -0.4 is 0 Å². The van der Waals surface area contributed by atoms with Gasteiger partial charge >= 0.3 is 14.5 Å². The number of carbonyl (C=O) groups excluding carboxylic acids is 1. The van der Waals surface area contributed by atoms with Crippen LogP contribution in [0.4, 0.5) is 0 Å². The third kappa shape index (κ3) is 8.53. The summed E-state index contributed by atoms with van der Waals surface area (Å²) in [4.78, 5) is 11.3. The highest BCUT2D eigenvalue weighted by Crippen LogP contribution is 2.24. The minimum Gasteiger partial charge on any atom is -0.461 e. The number of esters is 1. The predicted octanol–water partition coefficient (Wildman–Crippen LogP) is 3.42. The molecule has 4 nitrogen and oxygen atoms in total. The Balaban J connectivity index is 5.05. The molecule has 0 heterocycles. The summed E-state index contributed by atoms with van der Waals surface area (Å²) >= 11 is 0. The van der Waals surface area contributed by atoms with E-state index in [0.717, 1.165) is 6.04 Å². The molecule has 0 saturated carbocycles. The monoisotopic (exact) mass is 320 g/mol. The molecule has 0 amide bonds. The van der Waals surface area contributed by atoms with Crippen LogP contribution in [0.5, 0.6) is 0 Å². The summed E-state index contributed by atoms with van der Waals surface area (Å²) in [7, 11) is -5.99. The average Bonchev–Trinajstić information content (AvgIpc) is 2.21. The molecule has 0 rings (SSSR count). The zero-order chi connectivity index (χ0) is 15.3. The molecule has 0 aliphatic rings. The van der Waals surface area contributed by atoms with Crippen molar-refractivity contribution in [3.05, 3.63) is 12.7 Å².